The Labute approximate surface area is 155 Å². The predicted molar refractivity (Wildman–Crippen MR) is 102 cm³/mol. The van der Waals surface area contributed by atoms with Gasteiger partial charge in [0.1, 0.15) is 0 Å². The number of nitrogens with zero attached hydrogens (tertiary/aromatic N) is 3. The highest BCUT2D eigenvalue weighted by molar-refractivity contribution is 6.01. The summed E-state index contributed by atoms with van der Waals surface area (Å²) in [5.41, 5.74) is 1.88. The fourth-order valence-corrected chi connectivity index (χ4v) is 2.94. The second-order valence-corrected chi connectivity index (χ2v) is 6.12. The van der Waals surface area contributed by atoms with Crippen molar-refractivity contribution in [1.29, 1.82) is 0 Å². The fraction of sp³-hybridized carbons (Fsp3) is 0.100. The highest BCUT2D eigenvalue weighted by Crippen LogP contribution is 2.29. The van der Waals surface area contributed by atoms with Crippen molar-refractivity contribution in [3.8, 4) is 0 Å². The summed E-state index contributed by atoms with van der Waals surface area (Å²) in [6.45, 7) is 0. The molecule has 7 heteroatoms. The molecule has 0 saturated heterocycles. The molecule has 134 valence electrons. The number of carbonyl (C=O) groups is 2. The normalized spacial score (nSPS) is 16.0. The Morgan fingerprint density at radius 3 is 2.56 bits per heavy atom. The lowest BCUT2D eigenvalue weighted by Gasteiger charge is -2.23. The number of benzene rings is 2. The van der Waals surface area contributed by atoms with Crippen LogP contribution in [-0.2, 0) is 9.59 Å². The molecule has 0 saturated carbocycles. The highest BCUT2D eigenvalue weighted by Gasteiger charge is 2.29. The van der Waals surface area contributed by atoms with Crippen molar-refractivity contribution >= 4 is 29.8 Å². The molecule has 0 bridgehead atoms. The average Bonchev–Trinajstić information content (AvgIpc) is 3.09. The first kappa shape index (κ1) is 16.7. The molecule has 0 radical (unpaired) electrons. The quantitative estimate of drug-likeness (QED) is 0.701. The number of hydrogen-bond acceptors (Lipinski definition) is 4. The van der Waals surface area contributed by atoms with E-state index in [-0.39, 0.29) is 30.2 Å². The van der Waals surface area contributed by atoms with Crippen LogP contribution in [-0.4, -0.2) is 26.6 Å². The van der Waals surface area contributed by atoms with E-state index in [1.807, 2.05) is 60.7 Å². The second kappa shape index (κ2) is 7.25. The van der Waals surface area contributed by atoms with Crippen LogP contribution in [0.25, 0.3) is 6.08 Å². The maximum atomic E-state index is 12.1. The summed E-state index contributed by atoms with van der Waals surface area (Å²) in [6.07, 6.45) is 3.39. The van der Waals surface area contributed by atoms with Crippen molar-refractivity contribution in [2.75, 3.05) is 10.6 Å². The molecule has 4 rings (SSSR count). The maximum Gasteiger partial charge on any atom is 0.250 e. The van der Waals surface area contributed by atoms with Crippen LogP contribution in [0.1, 0.15) is 23.6 Å². The number of amides is 2. The van der Waals surface area contributed by atoms with Crippen LogP contribution >= 0.6 is 0 Å². The van der Waals surface area contributed by atoms with Gasteiger partial charge in [-0.3, -0.25) is 20.2 Å². The second-order valence-electron chi connectivity index (χ2n) is 6.12. The number of nitrogens with one attached hydrogen (secondary N) is 2. The minimum atomic E-state index is -0.343. The summed E-state index contributed by atoms with van der Waals surface area (Å²) in [4.78, 5) is 28.4. The van der Waals surface area contributed by atoms with Gasteiger partial charge >= 0.3 is 0 Å². The molecule has 1 aliphatic rings. The first-order valence-electron chi connectivity index (χ1n) is 8.54. The molecular weight excluding hydrogens is 342 g/mol. The Balaban J connectivity index is 1.53. The van der Waals surface area contributed by atoms with Gasteiger partial charge < -0.3 is 0 Å². The zero-order valence-electron chi connectivity index (χ0n) is 14.4. The Morgan fingerprint density at radius 1 is 1.11 bits per heavy atom. The van der Waals surface area contributed by atoms with Gasteiger partial charge in [0.25, 0.3) is 11.9 Å². The SMILES string of the molecule is O=C(/C=C/c1ccccc1)Nc1nc2n(n1)C(c1ccccc1)CC(=O)N2. The summed E-state index contributed by atoms with van der Waals surface area (Å²) in [6, 6.07) is 18.9. The van der Waals surface area contributed by atoms with Crippen molar-refractivity contribution in [1.82, 2.24) is 14.8 Å². The molecule has 0 aliphatic carbocycles. The van der Waals surface area contributed by atoms with Gasteiger partial charge in [-0.15, -0.1) is 5.10 Å². The van der Waals surface area contributed by atoms with Gasteiger partial charge in [0.2, 0.25) is 11.9 Å². The van der Waals surface area contributed by atoms with E-state index in [1.165, 1.54) is 6.08 Å². The van der Waals surface area contributed by atoms with Crippen molar-refractivity contribution in [2.45, 2.75) is 12.5 Å². The van der Waals surface area contributed by atoms with E-state index in [0.29, 0.717) is 5.95 Å². The summed E-state index contributed by atoms with van der Waals surface area (Å²) in [5, 5.41) is 9.69. The standard InChI is InChI=1S/C20H17N5O2/c26-17(12-11-14-7-3-1-4-8-14)21-19-23-20-22-18(27)13-16(25(20)24-19)15-9-5-2-6-10-15/h1-12,16H,13H2,(H2,21,22,23,24,26,27)/b12-11+. The lowest BCUT2D eigenvalue weighted by molar-refractivity contribution is -0.117. The van der Waals surface area contributed by atoms with Gasteiger partial charge in [-0.05, 0) is 17.2 Å². The highest BCUT2D eigenvalue weighted by atomic mass is 16.2. The number of rotatable bonds is 4. The van der Waals surface area contributed by atoms with E-state index in [2.05, 4.69) is 20.7 Å². The molecule has 1 aromatic heterocycles. The van der Waals surface area contributed by atoms with Gasteiger partial charge in [0.15, 0.2) is 0 Å². The first-order valence-corrected chi connectivity index (χ1v) is 8.54. The zero-order chi connectivity index (χ0) is 18.6. The molecule has 7 nitrogen and oxygen atoms in total. The van der Waals surface area contributed by atoms with Crippen LogP contribution in [0.3, 0.4) is 0 Å². The number of fused-ring (bicyclic) bond motifs is 1. The molecule has 2 aromatic carbocycles. The Morgan fingerprint density at radius 2 is 1.81 bits per heavy atom. The molecule has 0 fully saturated rings. The first-order chi connectivity index (χ1) is 13.2. The van der Waals surface area contributed by atoms with Crippen LogP contribution in [0, 0.1) is 0 Å². The fourth-order valence-electron chi connectivity index (χ4n) is 2.94. The van der Waals surface area contributed by atoms with Crippen molar-refractivity contribution < 1.29 is 9.59 Å². The van der Waals surface area contributed by atoms with Gasteiger partial charge in [-0.25, -0.2) is 4.68 Å². The van der Waals surface area contributed by atoms with E-state index in [0.717, 1.165) is 11.1 Å². The van der Waals surface area contributed by atoms with Crippen molar-refractivity contribution in [2.24, 2.45) is 0 Å². The number of anilines is 2. The maximum absolute atomic E-state index is 12.1. The molecule has 1 unspecified atom stereocenters. The van der Waals surface area contributed by atoms with E-state index in [4.69, 9.17) is 0 Å². The third kappa shape index (κ3) is 3.77. The lowest BCUT2D eigenvalue weighted by atomic mass is 10.0. The van der Waals surface area contributed by atoms with E-state index >= 15 is 0 Å². The third-order valence-corrected chi connectivity index (χ3v) is 4.20. The number of hydrogen-bond donors (Lipinski definition) is 2. The van der Waals surface area contributed by atoms with Gasteiger partial charge in [0, 0.05) is 6.08 Å². The zero-order valence-corrected chi connectivity index (χ0v) is 14.4. The van der Waals surface area contributed by atoms with Crippen LogP contribution in [0.4, 0.5) is 11.9 Å². The Bertz CT molecular complexity index is 996. The Hall–Kier alpha value is -3.74. The van der Waals surface area contributed by atoms with Gasteiger partial charge in [0.05, 0.1) is 12.5 Å². The largest absolute Gasteiger partial charge is 0.295 e. The molecule has 1 aliphatic heterocycles. The molecule has 0 spiro atoms. The molecule has 2 N–H and O–H groups in total. The predicted octanol–water partition coefficient (Wildman–Crippen LogP) is 2.86. The van der Waals surface area contributed by atoms with E-state index < -0.39 is 0 Å². The molecule has 2 heterocycles. The smallest absolute Gasteiger partial charge is 0.250 e. The number of aromatic nitrogens is 3. The molecule has 3 aromatic rings. The lowest BCUT2D eigenvalue weighted by Crippen LogP contribution is -2.29. The van der Waals surface area contributed by atoms with E-state index in [9.17, 15) is 9.59 Å². The minimum absolute atomic E-state index is 0.134. The summed E-state index contributed by atoms with van der Waals surface area (Å²) >= 11 is 0. The number of carbonyl (C=O) groups excluding carboxylic acids is 2. The van der Waals surface area contributed by atoms with Crippen molar-refractivity contribution in [3.63, 3.8) is 0 Å². The minimum Gasteiger partial charge on any atom is -0.295 e. The van der Waals surface area contributed by atoms with Crippen molar-refractivity contribution in [3.05, 3.63) is 77.9 Å². The molecular formula is C20H17N5O2. The van der Waals surface area contributed by atoms with Gasteiger partial charge in [-0.1, -0.05) is 60.7 Å². The monoisotopic (exact) mass is 359 g/mol. The van der Waals surface area contributed by atoms with Gasteiger partial charge in [-0.2, -0.15) is 4.98 Å². The Kier molecular flexibility index (Phi) is 4.49. The third-order valence-electron chi connectivity index (χ3n) is 4.20. The van der Waals surface area contributed by atoms with Crippen LogP contribution in [0.2, 0.25) is 0 Å². The molecule has 27 heavy (non-hydrogen) atoms. The van der Waals surface area contributed by atoms with Crippen LogP contribution in [0.15, 0.2) is 66.7 Å². The van der Waals surface area contributed by atoms with Crippen LogP contribution < -0.4 is 10.6 Å². The summed E-state index contributed by atoms with van der Waals surface area (Å²) in [5.74, 6) is -0.00623. The molecule has 1 atom stereocenters. The summed E-state index contributed by atoms with van der Waals surface area (Å²) in [7, 11) is 0. The van der Waals surface area contributed by atoms with E-state index in [1.54, 1.807) is 10.8 Å². The van der Waals surface area contributed by atoms with Crippen LogP contribution in [0.5, 0.6) is 0 Å². The molecule has 2 amide bonds. The topological polar surface area (TPSA) is 88.9 Å². The summed E-state index contributed by atoms with van der Waals surface area (Å²) < 4.78 is 1.63. The average molecular weight is 359 g/mol.